The molecule has 162 valence electrons. The third-order valence-corrected chi connectivity index (χ3v) is 4.72. The van der Waals surface area contributed by atoms with Crippen LogP contribution >= 0.6 is 0 Å². The first-order valence-electron chi connectivity index (χ1n) is 10.5. The van der Waals surface area contributed by atoms with Crippen LogP contribution in [0.15, 0.2) is 42.5 Å². The van der Waals surface area contributed by atoms with Gasteiger partial charge in [-0.2, -0.15) is 5.26 Å². The molecular weight excluding hydrogens is 383 g/mol. The first kappa shape index (κ1) is 23.7. The molecule has 0 radical (unpaired) electrons. The third kappa shape index (κ3) is 7.01. The minimum atomic E-state index is -0.371. The maximum absolute atomic E-state index is 14.1. The van der Waals surface area contributed by atoms with Gasteiger partial charge in [-0.1, -0.05) is 19.9 Å². The second-order valence-corrected chi connectivity index (χ2v) is 6.72. The average Bonchev–Trinajstić information content (AvgIpc) is 2.81. The van der Waals surface area contributed by atoms with Gasteiger partial charge in [-0.3, -0.25) is 0 Å². The predicted octanol–water partition coefficient (Wildman–Crippen LogP) is 5.28. The molecule has 0 aromatic heterocycles. The zero-order chi connectivity index (χ0) is 21.8. The largest absolute Gasteiger partial charge is 0.494 e. The van der Waals surface area contributed by atoms with E-state index < -0.39 is 0 Å². The van der Waals surface area contributed by atoms with Crippen LogP contribution < -0.4 is 9.64 Å². The van der Waals surface area contributed by atoms with E-state index in [9.17, 15) is 4.39 Å². The zero-order valence-corrected chi connectivity index (χ0v) is 18.1. The molecule has 0 aliphatic carbocycles. The molecule has 0 unspecified atom stereocenters. The van der Waals surface area contributed by atoms with Gasteiger partial charge < -0.3 is 19.1 Å². The number of benzene rings is 2. The van der Waals surface area contributed by atoms with E-state index >= 15 is 0 Å². The summed E-state index contributed by atoms with van der Waals surface area (Å²) in [5.74, 6) is -0.135. The molecule has 0 saturated carbocycles. The minimum Gasteiger partial charge on any atom is -0.494 e. The molecule has 1 fully saturated rings. The van der Waals surface area contributed by atoms with Gasteiger partial charge in [0.25, 0.3) is 0 Å². The predicted molar refractivity (Wildman–Crippen MR) is 116 cm³/mol. The Hall–Kier alpha value is -2.62. The summed E-state index contributed by atoms with van der Waals surface area (Å²) in [5, 5.41) is 9.02. The molecule has 0 amide bonds. The first-order valence-corrected chi connectivity index (χ1v) is 10.5. The molecule has 1 aliphatic heterocycles. The Balaban J connectivity index is 0.00000155. The lowest BCUT2D eigenvalue weighted by atomic mass is 10.1. The highest BCUT2D eigenvalue weighted by atomic mass is 19.1. The number of nitriles is 1. The molecule has 1 saturated heterocycles. The van der Waals surface area contributed by atoms with Crippen LogP contribution in [0.1, 0.15) is 44.2 Å². The van der Waals surface area contributed by atoms with E-state index in [1.165, 1.54) is 13.2 Å². The standard InChI is InChI=1S/C22H25FN2O3.C2H6/c1-26-21-10-7-18(14-20(21)23)16-25(19-8-5-17(15-24)6-9-19)11-2-4-22-27-12-3-13-28-22;1-2/h5-10,14,22H,2-4,11-13,16H2,1H3;1-2H3. The fourth-order valence-electron chi connectivity index (χ4n) is 3.23. The fraction of sp³-hybridized carbons (Fsp3) is 0.458. The summed E-state index contributed by atoms with van der Waals surface area (Å²) in [6, 6.07) is 14.6. The van der Waals surface area contributed by atoms with E-state index in [4.69, 9.17) is 19.5 Å². The van der Waals surface area contributed by atoms with E-state index in [0.717, 1.165) is 50.3 Å². The molecule has 2 aromatic rings. The van der Waals surface area contributed by atoms with Gasteiger partial charge in [-0.05, 0) is 54.8 Å². The molecule has 0 atom stereocenters. The Morgan fingerprint density at radius 1 is 1.13 bits per heavy atom. The Morgan fingerprint density at radius 3 is 2.43 bits per heavy atom. The Labute approximate surface area is 179 Å². The highest BCUT2D eigenvalue weighted by Crippen LogP contribution is 2.23. The van der Waals surface area contributed by atoms with Crippen molar-refractivity contribution in [2.45, 2.75) is 45.9 Å². The first-order chi connectivity index (χ1) is 14.7. The second-order valence-electron chi connectivity index (χ2n) is 6.72. The number of rotatable bonds is 8. The van der Waals surface area contributed by atoms with Gasteiger partial charge in [0.1, 0.15) is 0 Å². The maximum Gasteiger partial charge on any atom is 0.165 e. The number of nitrogens with zero attached hydrogens (tertiary/aromatic N) is 2. The van der Waals surface area contributed by atoms with Crippen LogP contribution in [0.5, 0.6) is 5.75 Å². The fourth-order valence-corrected chi connectivity index (χ4v) is 3.23. The highest BCUT2D eigenvalue weighted by molar-refractivity contribution is 5.50. The lowest BCUT2D eigenvalue weighted by molar-refractivity contribution is -0.181. The summed E-state index contributed by atoms with van der Waals surface area (Å²) in [5.41, 5.74) is 2.46. The topological polar surface area (TPSA) is 54.7 Å². The second kappa shape index (κ2) is 12.8. The molecule has 5 nitrogen and oxygen atoms in total. The summed E-state index contributed by atoms with van der Waals surface area (Å²) in [7, 11) is 1.45. The van der Waals surface area contributed by atoms with E-state index in [0.29, 0.717) is 12.1 Å². The van der Waals surface area contributed by atoms with Gasteiger partial charge in [0.15, 0.2) is 17.9 Å². The van der Waals surface area contributed by atoms with Gasteiger partial charge in [0.2, 0.25) is 0 Å². The number of hydrogen-bond acceptors (Lipinski definition) is 5. The molecule has 0 spiro atoms. The van der Waals surface area contributed by atoms with Crippen LogP contribution in [0.2, 0.25) is 0 Å². The summed E-state index contributed by atoms with van der Waals surface area (Å²) in [6.07, 6.45) is 2.49. The van der Waals surface area contributed by atoms with E-state index in [1.54, 1.807) is 18.2 Å². The lowest BCUT2D eigenvalue weighted by Gasteiger charge is -2.27. The van der Waals surface area contributed by atoms with Gasteiger partial charge in [-0.25, -0.2) is 4.39 Å². The number of anilines is 1. The molecule has 1 aliphatic rings. The quantitative estimate of drug-likeness (QED) is 0.588. The van der Waals surface area contributed by atoms with Crippen molar-refractivity contribution in [2.75, 3.05) is 31.8 Å². The zero-order valence-electron chi connectivity index (χ0n) is 18.1. The van der Waals surface area contributed by atoms with Crippen LogP contribution in [0, 0.1) is 17.1 Å². The molecule has 30 heavy (non-hydrogen) atoms. The number of hydrogen-bond donors (Lipinski definition) is 0. The normalized spacial score (nSPS) is 13.7. The molecule has 1 heterocycles. The van der Waals surface area contributed by atoms with Crippen LogP contribution in [-0.2, 0) is 16.0 Å². The van der Waals surface area contributed by atoms with Crippen molar-refractivity contribution < 1.29 is 18.6 Å². The van der Waals surface area contributed by atoms with Crippen LogP contribution in [0.25, 0.3) is 0 Å². The number of ether oxygens (including phenoxy) is 3. The molecule has 2 aromatic carbocycles. The number of halogens is 1. The van der Waals surface area contributed by atoms with Crippen LogP contribution in [0.3, 0.4) is 0 Å². The van der Waals surface area contributed by atoms with Crippen molar-refractivity contribution in [1.82, 2.24) is 0 Å². The summed E-state index contributed by atoms with van der Waals surface area (Å²) >= 11 is 0. The Bertz CT molecular complexity index is 799. The SMILES string of the molecule is CC.COc1ccc(CN(CCCC2OCCCO2)c2ccc(C#N)cc2)cc1F. The van der Waals surface area contributed by atoms with Crippen LogP contribution in [-0.4, -0.2) is 33.2 Å². The van der Waals surface area contributed by atoms with Gasteiger partial charge in [0, 0.05) is 25.2 Å². The van der Waals surface area contributed by atoms with Crippen LogP contribution in [0.4, 0.5) is 10.1 Å². The van der Waals surface area contributed by atoms with Crippen molar-refractivity contribution in [1.29, 1.82) is 5.26 Å². The molecule has 0 bridgehead atoms. The summed E-state index contributed by atoms with van der Waals surface area (Å²) in [4.78, 5) is 2.17. The van der Waals surface area contributed by atoms with Crippen molar-refractivity contribution in [3.05, 3.63) is 59.4 Å². The van der Waals surface area contributed by atoms with Crippen molar-refractivity contribution >= 4 is 5.69 Å². The van der Waals surface area contributed by atoms with Gasteiger partial charge in [0.05, 0.1) is 32.0 Å². The summed E-state index contributed by atoms with van der Waals surface area (Å²) < 4.78 is 30.3. The highest BCUT2D eigenvalue weighted by Gasteiger charge is 2.15. The minimum absolute atomic E-state index is 0.144. The van der Waals surface area contributed by atoms with E-state index in [1.807, 2.05) is 32.0 Å². The average molecular weight is 415 g/mol. The smallest absolute Gasteiger partial charge is 0.165 e. The lowest BCUT2D eigenvalue weighted by Crippen LogP contribution is -2.28. The van der Waals surface area contributed by atoms with Crippen molar-refractivity contribution in [3.63, 3.8) is 0 Å². The van der Waals surface area contributed by atoms with E-state index in [-0.39, 0.29) is 17.9 Å². The maximum atomic E-state index is 14.1. The molecule has 0 N–H and O–H groups in total. The van der Waals surface area contributed by atoms with Crippen molar-refractivity contribution in [3.8, 4) is 11.8 Å². The molecule has 6 heteroatoms. The Kier molecular flexibility index (Phi) is 10.1. The Morgan fingerprint density at radius 2 is 1.83 bits per heavy atom. The molecule has 3 rings (SSSR count). The van der Waals surface area contributed by atoms with E-state index in [2.05, 4.69) is 11.0 Å². The monoisotopic (exact) mass is 414 g/mol. The number of methoxy groups -OCH3 is 1. The molecular formula is C24H31FN2O3. The van der Waals surface area contributed by atoms with Gasteiger partial charge in [-0.15, -0.1) is 0 Å². The van der Waals surface area contributed by atoms with Crippen molar-refractivity contribution in [2.24, 2.45) is 0 Å². The summed E-state index contributed by atoms with van der Waals surface area (Å²) in [6.45, 7) is 6.81. The third-order valence-electron chi connectivity index (χ3n) is 4.72. The van der Waals surface area contributed by atoms with Gasteiger partial charge >= 0.3 is 0 Å².